The molecule has 1 saturated heterocycles. The summed E-state index contributed by atoms with van der Waals surface area (Å²) < 4.78 is 24.4. The van der Waals surface area contributed by atoms with Crippen molar-refractivity contribution in [3.05, 3.63) is 35.6 Å². The summed E-state index contributed by atoms with van der Waals surface area (Å²) in [7, 11) is 1.72. The number of hydrogen-bond donors (Lipinski definition) is 2. The quantitative estimate of drug-likeness (QED) is 0.275. The molecule has 1 aromatic rings. The van der Waals surface area contributed by atoms with Crippen molar-refractivity contribution in [1.82, 2.24) is 15.5 Å². The van der Waals surface area contributed by atoms with Crippen LogP contribution in [0.25, 0.3) is 0 Å². The molecule has 2 atom stereocenters. The number of rotatable bonds is 4. The minimum atomic E-state index is -0.521. The first kappa shape index (κ1) is 25.4. The Morgan fingerprint density at radius 1 is 1.24 bits per heavy atom. The van der Waals surface area contributed by atoms with Gasteiger partial charge in [0.1, 0.15) is 17.5 Å². The minimum Gasteiger partial charge on any atom is -0.444 e. The number of ether oxygens (including phenoxy) is 2. The molecule has 2 rings (SSSR count). The Hall–Kier alpha value is -1.62. The van der Waals surface area contributed by atoms with Crippen LogP contribution < -0.4 is 10.6 Å². The second kappa shape index (κ2) is 11.5. The highest BCUT2D eigenvalue weighted by Gasteiger charge is 2.28. The van der Waals surface area contributed by atoms with Crippen LogP contribution >= 0.6 is 24.0 Å². The fourth-order valence-electron chi connectivity index (χ4n) is 2.97. The number of aliphatic imine (C=N–C) groups is 1. The van der Waals surface area contributed by atoms with Gasteiger partial charge in [0.2, 0.25) is 0 Å². The molecule has 29 heavy (non-hydrogen) atoms. The first-order valence-corrected chi connectivity index (χ1v) is 9.51. The number of benzene rings is 1. The summed E-state index contributed by atoms with van der Waals surface area (Å²) in [5, 5.41) is 5.96. The van der Waals surface area contributed by atoms with Crippen molar-refractivity contribution in [3.63, 3.8) is 0 Å². The van der Waals surface area contributed by atoms with Gasteiger partial charge in [-0.15, -0.1) is 24.0 Å². The number of halogens is 2. The average Bonchev–Trinajstić information content (AvgIpc) is 2.60. The molecule has 1 aliphatic rings. The largest absolute Gasteiger partial charge is 0.444 e. The van der Waals surface area contributed by atoms with Crippen molar-refractivity contribution in [2.45, 2.75) is 45.5 Å². The maximum atomic E-state index is 13.2. The monoisotopic (exact) mass is 522 g/mol. The highest BCUT2D eigenvalue weighted by atomic mass is 127. The molecular formula is C20H32FIN4O3. The number of carbonyl (C=O) groups is 1. The van der Waals surface area contributed by atoms with E-state index >= 15 is 0 Å². The Morgan fingerprint density at radius 3 is 2.45 bits per heavy atom. The van der Waals surface area contributed by atoms with E-state index in [1.54, 1.807) is 19.2 Å². The van der Waals surface area contributed by atoms with Crippen LogP contribution in [0.3, 0.4) is 0 Å². The van der Waals surface area contributed by atoms with Crippen molar-refractivity contribution in [3.8, 4) is 0 Å². The van der Waals surface area contributed by atoms with Crippen molar-refractivity contribution >= 4 is 36.0 Å². The topological polar surface area (TPSA) is 75.2 Å². The molecule has 1 fully saturated rings. The van der Waals surface area contributed by atoms with E-state index in [9.17, 15) is 9.18 Å². The lowest BCUT2D eigenvalue weighted by molar-refractivity contribution is -0.0604. The summed E-state index contributed by atoms with van der Waals surface area (Å²) >= 11 is 0. The first-order chi connectivity index (χ1) is 13.2. The summed E-state index contributed by atoms with van der Waals surface area (Å²) in [6, 6.07) is 6.38. The van der Waals surface area contributed by atoms with Gasteiger partial charge in [-0.2, -0.15) is 0 Å². The minimum absolute atomic E-state index is 0. The van der Waals surface area contributed by atoms with Crippen molar-refractivity contribution in [1.29, 1.82) is 0 Å². The molecule has 0 aliphatic carbocycles. The molecule has 2 unspecified atom stereocenters. The van der Waals surface area contributed by atoms with Crippen molar-refractivity contribution in [2.24, 2.45) is 4.99 Å². The SMILES string of the molecule is CN=C(NCCNC(=O)OC(C)(C)C)N1CC(C)OC(c2ccc(F)cc2)C1.I. The number of morpholine rings is 1. The predicted octanol–water partition coefficient (Wildman–Crippen LogP) is 3.31. The van der Waals surface area contributed by atoms with E-state index in [0.29, 0.717) is 26.2 Å². The molecule has 0 radical (unpaired) electrons. The van der Waals surface area contributed by atoms with E-state index in [1.807, 2.05) is 27.7 Å². The Kier molecular flexibility index (Phi) is 10.1. The summed E-state index contributed by atoms with van der Waals surface area (Å²) in [5.41, 5.74) is 0.410. The molecule has 0 spiro atoms. The van der Waals surface area contributed by atoms with Crippen LogP contribution in [0.1, 0.15) is 39.4 Å². The molecule has 1 heterocycles. The molecular weight excluding hydrogens is 490 g/mol. The molecule has 0 aromatic heterocycles. The van der Waals surface area contributed by atoms with Crippen molar-refractivity contribution < 1.29 is 18.7 Å². The van der Waals surface area contributed by atoms with Crippen LogP contribution in [0.4, 0.5) is 9.18 Å². The van der Waals surface area contributed by atoms with Crippen LogP contribution in [0.2, 0.25) is 0 Å². The van der Waals surface area contributed by atoms with E-state index in [-0.39, 0.29) is 42.0 Å². The molecule has 2 N–H and O–H groups in total. The molecule has 1 aromatic carbocycles. The number of nitrogens with zero attached hydrogens (tertiary/aromatic N) is 2. The van der Waals surface area contributed by atoms with E-state index < -0.39 is 11.7 Å². The highest BCUT2D eigenvalue weighted by molar-refractivity contribution is 14.0. The normalized spacial score (nSPS) is 19.9. The van der Waals surface area contributed by atoms with E-state index in [2.05, 4.69) is 20.5 Å². The van der Waals surface area contributed by atoms with E-state index in [0.717, 1.165) is 11.5 Å². The zero-order valence-electron chi connectivity index (χ0n) is 17.7. The van der Waals surface area contributed by atoms with Crippen LogP contribution in [-0.4, -0.2) is 61.9 Å². The summed E-state index contributed by atoms with van der Waals surface area (Å²) in [6.07, 6.45) is -0.606. The Balaban J connectivity index is 0.00000420. The Morgan fingerprint density at radius 2 is 1.86 bits per heavy atom. The fraction of sp³-hybridized carbons (Fsp3) is 0.600. The van der Waals surface area contributed by atoms with E-state index in [1.165, 1.54) is 12.1 Å². The highest BCUT2D eigenvalue weighted by Crippen LogP contribution is 2.25. The summed E-state index contributed by atoms with van der Waals surface area (Å²) in [5.74, 6) is 0.465. The second-order valence-corrected chi connectivity index (χ2v) is 7.79. The van der Waals surface area contributed by atoms with Gasteiger partial charge in [-0.1, -0.05) is 12.1 Å². The van der Waals surface area contributed by atoms with Gasteiger partial charge in [-0.25, -0.2) is 9.18 Å². The second-order valence-electron chi connectivity index (χ2n) is 7.79. The Labute approximate surface area is 189 Å². The van der Waals surface area contributed by atoms with Crippen LogP contribution in [0.15, 0.2) is 29.3 Å². The van der Waals surface area contributed by atoms with Gasteiger partial charge in [-0.05, 0) is 45.4 Å². The molecule has 9 heteroatoms. The maximum absolute atomic E-state index is 13.2. The number of nitrogens with one attached hydrogen (secondary N) is 2. The standard InChI is InChI=1S/C20H31FN4O3.HI/c1-14-12-25(13-17(27-14)15-6-8-16(21)9-7-15)18(22-5)23-10-11-24-19(26)28-20(2,3)4;/h6-9,14,17H,10-13H2,1-5H3,(H,22,23)(H,24,26);1H. The zero-order valence-corrected chi connectivity index (χ0v) is 20.0. The summed E-state index contributed by atoms with van der Waals surface area (Å²) in [4.78, 5) is 18.1. The molecule has 1 aliphatic heterocycles. The third-order valence-electron chi connectivity index (χ3n) is 4.09. The van der Waals surface area contributed by atoms with Gasteiger partial charge in [0.05, 0.1) is 12.6 Å². The van der Waals surface area contributed by atoms with Crippen molar-refractivity contribution in [2.75, 3.05) is 33.2 Å². The van der Waals surface area contributed by atoms with Crippen LogP contribution in [0, 0.1) is 5.82 Å². The zero-order chi connectivity index (χ0) is 20.7. The lowest BCUT2D eigenvalue weighted by atomic mass is 10.1. The van der Waals surface area contributed by atoms with Gasteiger partial charge in [0.15, 0.2) is 5.96 Å². The number of hydrogen-bond acceptors (Lipinski definition) is 4. The number of amides is 1. The molecule has 1 amide bonds. The lowest BCUT2D eigenvalue weighted by Crippen LogP contribution is -2.51. The number of carbonyl (C=O) groups excluding carboxylic acids is 1. The third-order valence-corrected chi connectivity index (χ3v) is 4.09. The van der Waals surface area contributed by atoms with Gasteiger partial charge < -0.3 is 25.0 Å². The fourth-order valence-corrected chi connectivity index (χ4v) is 2.97. The number of alkyl carbamates (subject to hydrolysis) is 1. The average molecular weight is 522 g/mol. The molecule has 164 valence electrons. The first-order valence-electron chi connectivity index (χ1n) is 9.51. The molecule has 0 saturated carbocycles. The summed E-state index contributed by atoms with van der Waals surface area (Å²) in [6.45, 7) is 9.69. The lowest BCUT2D eigenvalue weighted by Gasteiger charge is -2.38. The molecule has 0 bridgehead atoms. The van der Waals surface area contributed by atoms with Gasteiger partial charge in [-0.3, -0.25) is 4.99 Å². The third kappa shape index (κ3) is 8.73. The number of guanidine groups is 1. The van der Waals surface area contributed by atoms with Crippen LogP contribution in [0.5, 0.6) is 0 Å². The van der Waals surface area contributed by atoms with Gasteiger partial charge in [0, 0.05) is 26.7 Å². The van der Waals surface area contributed by atoms with E-state index in [4.69, 9.17) is 9.47 Å². The maximum Gasteiger partial charge on any atom is 0.407 e. The van der Waals surface area contributed by atoms with Gasteiger partial charge in [0.25, 0.3) is 0 Å². The smallest absolute Gasteiger partial charge is 0.407 e. The Bertz CT molecular complexity index is 679. The predicted molar refractivity (Wildman–Crippen MR) is 122 cm³/mol. The molecule has 7 nitrogen and oxygen atoms in total. The van der Waals surface area contributed by atoms with Crippen LogP contribution in [-0.2, 0) is 9.47 Å². The van der Waals surface area contributed by atoms with Gasteiger partial charge >= 0.3 is 6.09 Å².